The number of aromatic nitrogens is 3. The van der Waals surface area contributed by atoms with Crippen molar-refractivity contribution in [3.63, 3.8) is 0 Å². The highest BCUT2D eigenvalue weighted by molar-refractivity contribution is 5.87. The van der Waals surface area contributed by atoms with E-state index in [1.165, 1.54) is 12.1 Å². The predicted octanol–water partition coefficient (Wildman–Crippen LogP) is 6.23. The first kappa shape index (κ1) is 60.4. The highest BCUT2D eigenvalue weighted by Crippen LogP contribution is 2.42. The molecule has 0 aliphatic carbocycles. The third kappa shape index (κ3) is 13.7. The predicted molar refractivity (Wildman–Crippen MR) is 265 cm³/mol. The second kappa shape index (κ2) is 24.2. The number of likely N-dealkylation sites (tertiary alicyclic amines) is 1. The number of anilines is 1. The van der Waals surface area contributed by atoms with E-state index in [0.29, 0.717) is 74.1 Å². The highest BCUT2D eigenvalue weighted by Gasteiger charge is 2.57. The summed E-state index contributed by atoms with van der Waals surface area (Å²) in [5.41, 5.74) is -4.42. The molecule has 0 spiro atoms. The highest BCUT2D eigenvalue weighted by atomic mass is 19.4. The lowest BCUT2D eigenvalue weighted by Crippen LogP contribution is -2.63. The van der Waals surface area contributed by atoms with Gasteiger partial charge in [0.15, 0.2) is 0 Å². The van der Waals surface area contributed by atoms with Crippen LogP contribution in [0.25, 0.3) is 11.3 Å². The van der Waals surface area contributed by atoms with Crippen LogP contribution in [0.15, 0.2) is 67.0 Å². The standard InChI is InChI=1S/C52H58F10N10O8/c1-49(2,51(57,58)59)42(65-47(76)78-5)44(74)64-39(17-29-10-7-28(8-11-29)9-12-30-13-14-41(63-21-30)71-23-32-20-33(71)22-70(32)34-26-80-27-34)40(73)25-69(68-45(75)43(66-48(77)79-6)50(3,4)52(60,61)62)24-35-36(53)18-31(19-37(35)54)38-15-16-72(67-38)46(55)56/h7-8,10-11,13-16,18-19,21,32-34,39-40,42-43,46,73H,17,20,22-27H2,1-6H3,(H,64,74)(H,65,76)(H,66,77)(H,68,75)/t32-,33-,39-,40-,42+,43+/m0/s1. The fourth-order valence-electron chi connectivity index (χ4n) is 9.39. The Morgan fingerprint density at radius 1 is 0.787 bits per heavy atom. The molecule has 0 saturated carbocycles. The topological polar surface area (TPSA) is 205 Å². The van der Waals surface area contributed by atoms with Crippen molar-refractivity contribution < 1.29 is 82.4 Å². The van der Waals surface area contributed by atoms with Gasteiger partial charge in [-0.15, -0.1) is 0 Å². The summed E-state index contributed by atoms with van der Waals surface area (Å²) in [6, 6.07) is 6.53. The molecule has 4 aromatic rings. The Kier molecular flexibility index (Phi) is 18.3. The average Bonchev–Trinajstić information content (AvgIpc) is 4.17. The molecule has 2 bridgehead atoms. The molecule has 434 valence electrons. The van der Waals surface area contributed by atoms with Gasteiger partial charge in [0.05, 0.1) is 62.1 Å². The normalized spacial score (nSPS) is 18.4. The minimum atomic E-state index is -5.23. The summed E-state index contributed by atoms with van der Waals surface area (Å²) in [4.78, 5) is 62.3. The fraction of sp³-hybridized carbons (Fsp3) is 0.500. The lowest BCUT2D eigenvalue weighted by molar-refractivity contribution is -0.221. The van der Waals surface area contributed by atoms with Crippen molar-refractivity contribution in [2.24, 2.45) is 10.8 Å². The number of hydrogen-bond donors (Lipinski definition) is 5. The molecule has 5 heterocycles. The Bertz CT molecular complexity index is 2910. The first-order valence-electron chi connectivity index (χ1n) is 24.9. The number of ether oxygens (including phenoxy) is 3. The molecule has 5 N–H and O–H groups in total. The number of nitrogens with zero attached hydrogens (tertiary/aromatic N) is 6. The van der Waals surface area contributed by atoms with E-state index in [9.17, 15) is 59.4 Å². The maximum atomic E-state index is 16.0. The summed E-state index contributed by atoms with van der Waals surface area (Å²) in [6.07, 6.45) is -12.5. The number of alkyl carbamates (subject to hydrolysis) is 2. The van der Waals surface area contributed by atoms with Gasteiger partial charge in [0.2, 0.25) is 5.91 Å². The molecule has 80 heavy (non-hydrogen) atoms. The summed E-state index contributed by atoms with van der Waals surface area (Å²) in [5.74, 6) is 0.774. The Labute approximate surface area is 452 Å². The molecule has 6 atom stereocenters. The molecular weight excluding hydrogens is 1080 g/mol. The van der Waals surface area contributed by atoms with Crippen LogP contribution in [0.2, 0.25) is 0 Å². The van der Waals surface area contributed by atoms with Gasteiger partial charge in [0, 0.05) is 72.9 Å². The minimum Gasteiger partial charge on any atom is -0.453 e. The lowest BCUT2D eigenvalue weighted by atomic mass is 9.82. The van der Waals surface area contributed by atoms with E-state index in [4.69, 9.17) is 4.74 Å². The maximum Gasteiger partial charge on any atom is 0.407 e. The molecule has 0 radical (unpaired) electrons. The third-order valence-corrected chi connectivity index (χ3v) is 14.6. The quantitative estimate of drug-likeness (QED) is 0.0402. The number of rotatable bonds is 19. The van der Waals surface area contributed by atoms with Gasteiger partial charge in [-0.3, -0.25) is 19.9 Å². The number of amides is 4. The van der Waals surface area contributed by atoms with Crippen LogP contribution in [0, 0.1) is 34.3 Å². The molecule has 0 unspecified atom stereocenters. The molecule has 3 aliphatic heterocycles. The lowest BCUT2D eigenvalue weighted by Gasteiger charge is -2.42. The molecule has 3 aliphatic rings. The van der Waals surface area contributed by atoms with Gasteiger partial charge in [0.1, 0.15) is 29.5 Å². The number of carbonyl (C=O) groups excluding carboxylic acids is 4. The van der Waals surface area contributed by atoms with Crippen molar-refractivity contribution >= 4 is 29.8 Å². The van der Waals surface area contributed by atoms with E-state index in [1.807, 2.05) is 22.9 Å². The van der Waals surface area contributed by atoms with E-state index in [0.717, 1.165) is 65.0 Å². The van der Waals surface area contributed by atoms with E-state index in [2.05, 4.69) is 46.5 Å². The van der Waals surface area contributed by atoms with Gasteiger partial charge in [-0.05, 0) is 88.6 Å². The Morgan fingerprint density at radius 2 is 1.36 bits per heavy atom. The number of alkyl halides is 8. The maximum absolute atomic E-state index is 16.0. The SMILES string of the molecule is COC(=O)N[C@H](C(=O)N[C@@H](Cc1ccc(C#Cc2ccc(N3C[C@@H]4C[C@H]3CN4C3COC3)nc2)cc1)[C@@H](O)CN(Cc1c(F)cc(-c2ccn(C(F)F)n2)cc1F)NC(=O)[C@@H](NC(=O)OC)C(C)(C)C(F)(F)F)C(C)(C)C(F)(F)F. The second-order valence-electron chi connectivity index (χ2n) is 20.6. The molecule has 4 amide bonds. The molecular formula is C52H58F10N10O8. The molecule has 7 rings (SSSR count). The van der Waals surface area contributed by atoms with Crippen LogP contribution >= 0.6 is 0 Å². The number of pyridine rings is 1. The first-order chi connectivity index (χ1) is 37.5. The van der Waals surface area contributed by atoms with Crippen LogP contribution in [-0.4, -0.2) is 156 Å². The first-order valence-corrected chi connectivity index (χ1v) is 24.9. The van der Waals surface area contributed by atoms with E-state index in [1.54, 1.807) is 23.6 Å². The van der Waals surface area contributed by atoms with E-state index in [-0.39, 0.29) is 21.5 Å². The number of nitrogens with one attached hydrogen (secondary N) is 4. The van der Waals surface area contributed by atoms with Gasteiger partial charge in [-0.1, -0.05) is 24.0 Å². The number of aliphatic hydroxyl groups excluding tert-OH is 1. The van der Waals surface area contributed by atoms with Crippen LogP contribution in [0.1, 0.15) is 62.9 Å². The van der Waals surface area contributed by atoms with Gasteiger partial charge in [-0.2, -0.15) is 40.2 Å². The number of piperazine rings is 1. The minimum absolute atomic E-state index is 0.198. The largest absolute Gasteiger partial charge is 0.453 e. The number of methoxy groups -OCH3 is 2. The van der Waals surface area contributed by atoms with Crippen molar-refractivity contribution in [1.82, 2.24) is 46.0 Å². The zero-order valence-corrected chi connectivity index (χ0v) is 43.9. The summed E-state index contributed by atoms with van der Waals surface area (Å²) in [7, 11) is 1.60. The van der Waals surface area contributed by atoms with Gasteiger partial charge >= 0.3 is 31.1 Å². The van der Waals surface area contributed by atoms with Crippen molar-refractivity contribution in [3.8, 4) is 23.1 Å². The summed E-state index contributed by atoms with van der Waals surface area (Å²) in [5, 5.41) is 22.1. The average molecular weight is 1140 g/mol. The Hall–Kier alpha value is -7.22. The third-order valence-electron chi connectivity index (χ3n) is 14.6. The smallest absolute Gasteiger partial charge is 0.407 e. The number of halogens is 10. The molecule has 18 nitrogen and oxygen atoms in total. The van der Waals surface area contributed by atoms with Crippen LogP contribution in [0.5, 0.6) is 0 Å². The zero-order chi connectivity index (χ0) is 58.6. The number of fused-ring (bicyclic) bond motifs is 2. The van der Waals surface area contributed by atoms with Crippen LogP contribution in [0.4, 0.5) is 59.3 Å². The molecule has 2 aromatic carbocycles. The summed E-state index contributed by atoms with van der Waals surface area (Å²) < 4.78 is 160. The van der Waals surface area contributed by atoms with Crippen LogP contribution in [0.3, 0.4) is 0 Å². The number of aliphatic hydroxyl groups is 1. The number of benzene rings is 2. The molecule has 2 aromatic heterocycles. The fourth-order valence-corrected chi connectivity index (χ4v) is 9.39. The van der Waals surface area contributed by atoms with Crippen LogP contribution in [-0.2, 0) is 36.8 Å². The monoisotopic (exact) mass is 1140 g/mol. The number of carbonyl (C=O) groups is 4. The van der Waals surface area contributed by atoms with Crippen molar-refractivity contribution in [3.05, 3.63) is 101 Å². The van der Waals surface area contributed by atoms with Crippen LogP contribution < -0.4 is 26.3 Å². The second-order valence-corrected chi connectivity index (χ2v) is 20.6. The Morgan fingerprint density at radius 3 is 1.85 bits per heavy atom. The number of hydrazine groups is 1. The van der Waals surface area contributed by atoms with Crippen molar-refractivity contribution in [2.75, 3.05) is 52.0 Å². The van der Waals surface area contributed by atoms with E-state index >= 15 is 8.78 Å². The van der Waals surface area contributed by atoms with Gasteiger partial charge in [0.25, 0.3) is 5.91 Å². The zero-order valence-electron chi connectivity index (χ0n) is 43.9. The van der Waals surface area contributed by atoms with Gasteiger partial charge < -0.3 is 40.2 Å². The molecule has 3 fully saturated rings. The summed E-state index contributed by atoms with van der Waals surface area (Å²) >= 11 is 0. The summed E-state index contributed by atoms with van der Waals surface area (Å²) in [6.45, 7) is 0.130. The van der Waals surface area contributed by atoms with Crippen molar-refractivity contribution in [1.29, 1.82) is 0 Å². The van der Waals surface area contributed by atoms with E-state index < -0.39 is 115 Å². The molecule has 28 heteroatoms. The van der Waals surface area contributed by atoms with Gasteiger partial charge in [-0.25, -0.2) is 33.0 Å². The van der Waals surface area contributed by atoms with Crippen molar-refractivity contribution in [2.45, 2.75) is 108 Å². The molecule has 3 saturated heterocycles. The number of hydrogen-bond acceptors (Lipinski definition) is 13. The Balaban J connectivity index is 1.18.